The quantitative estimate of drug-likeness (QED) is 0.334. The van der Waals surface area contributed by atoms with Gasteiger partial charge in [0.15, 0.2) is 0 Å². The lowest BCUT2D eigenvalue weighted by atomic mass is 10.1. The number of nitrogens with zero attached hydrogens (tertiary/aromatic N) is 1. The lowest BCUT2D eigenvalue weighted by Gasteiger charge is -2.13. The summed E-state index contributed by atoms with van der Waals surface area (Å²) in [5.74, 6) is -0.356. The Labute approximate surface area is 175 Å². The second-order valence-electron chi connectivity index (χ2n) is 6.35. The molecule has 0 aliphatic rings. The number of rotatable bonds is 6. The summed E-state index contributed by atoms with van der Waals surface area (Å²) in [5.41, 5.74) is 1.50. The number of fused-ring (bicyclic) bond motifs is 1. The van der Waals surface area contributed by atoms with Crippen molar-refractivity contribution in [2.24, 2.45) is 0 Å². The Bertz CT molecular complexity index is 1260. The van der Waals surface area contributed by atoms with Crippen LogP contribution in [0.15, 0.2) is 72.3 Å². The monoisotopic (exact) mass is 417 g/mol. The zero-order chi connectivity index (χ0) is 21.1. The van der Waals surface area contributed by atoms with Crippen molar-refractivity contribution in [3.05, 3.63) is 88.3 Å². The summed E-state index contributed by atoms with van der Waals surface area (Å²) in [6.45, 7) is 0. The summed E-state index contributed by atoms with van der Waals surface area (Å²) >= 11 is 1.33. The smallest absolute Gasteiger partial charge is 0.328 e. The summed E-state index contributed by atoms with van der Waals surface area (Å²) in [7, 11) is 0. The molecule has 0 spiro atoms. The third kappa shape index (κ3) is 4.06. The van der Waals surface area contributed by atoms with Crippen LogP contribution in [0.25, 0.3) is 17.0 Å². The molecule has 2 N–H and O–H groups in total. The Morgan fingerprint density at radius 1 is 1.07 bits per heavy atom. The molecule has 0 radical (unpaired) electrons. The number of phenols is 1. The number of hydrogen-bond donors (Lipinski definition) is 2. The Balaban J connectivity index is 1.76. The predicted octanol–water partition coefficient (Wildman–Crippen LogP) is 5.12. The number of aromatic hydroxyl groups is 1. The summed E-state index contributed by atoms with van der Waals surface area (Å²) < 4.78 is 6.08. The van der Waals surface area contributed by atoms with Crippen LogP contribution in [0.4, 0.5) is 0 Å². The molecule has 0 aliphatic heterocycles. The maximum absolute atomic E-state index is 13.0. The topological polar surface area (TPSA) is 96.7 Å². The van der Waals surface area contributed by atoms with Gasteiger partial charge in [-0.15, -0.1) is 11.3 Å². The minimum atomic E-state index is -1.03. The summed E-state index contributed by atoms with van der Waals surface area (Å²) in [4.78, 5) is 28.5. The number of thiophene rings is 1. The molecule has 7 heteroatoms. The van der Waals surface area contributed by atoms with E-state index >= 15 is 0 Å². The van der Waals surface area contributed by atoms with Gasteiger partial charge >= 0.3 is 5.97 Å². The first-order valence-corrected chi connectivity index (χ1v) is 9.78. The molecule has 0 unspecified atom stereocenters. The first-order valence-electron chi connectivity index (χ1n) is 8.90. The number of hydrogen-bond acceptors (Lipinski definition) is 6. The van der Waals surface area contributed by atoms with Crippen molar-refractivity contribution in [2.75, 3.05) is 0 Å². The normalized spacial score (nSPS) is 11.1. The van der Waals surface area contributed by atoms with Crippen molar-refractivity contribution >= 4 is 40.1 Å². The fraction of sp³-hybridized carbons (Fsp3) is 0. The van der Waals surface area contributed by atoms with Gasteiger partial charge in [0.2, 0.25) is 5.78 Å². The van der Waals surface area contributed by atoms with E-state index < -0.39 is 5.97 Å². The molecule has 0 saturated carbocycles. The van der Waals surface area contributed by atoms with Gasteiger partial charge < -0.3 is 14.9 Å². The van der Waals surface area contributed by atoms with Crippen LogP contribution in [0.3, 0.4) is 0 Å². The largest absolute Gasteiger partial charge is 0.508 e. The third-order valence-corrected chi connectivity index (χ3v) is 5.18. The van der Waals surface area contributed by atoms with Gasteiger partial charge in [0.05, 0.1) is 16.0 Å². The zero-order valence-corrected chi connectivity index (χ0v) is 16.3. The van der Waals surface area contributed by atoms with Gasteiger partial charge in [0, 0.05) is 23.7 Å². The third-order valence-electron chi connectivity index (χ3n) is 4.31. The number of aliphatic carboxylic acids is 1. The highest BCUT2D eigenvalue weighted by Crippen LogP contribution is 2.35. The number of ketones is 1. The standard InChI is InChI=1S/C23H15NO5S/c25-15-6-9-17-19(12-15)24-13-18(22(28)20-2-1-11-30-20)23(17)29-16-7-3-14(4-8-16)5-10-21(26)27/h1-13,25H,(H,26,27)/b10-5+. The predicted molar refractivity (Wildman–Crippen MR) is 114 cm³/mol. The Hall–Kier alpha value is -3.97. The number of carbonyl (C=O) groups excluding carboxylic acids is 1. The molecular weight excluding hydrogens is 402 g/mol. The van der Waals surface area contributed by atoms with Crippen LogP contribution in [0.1, 0.15) is 20.8 Å². The number of carboxylic acid groups (broad SMARTS) is 1. The van der Waals surface area contributed by atoms with E-state index in [4.69, 9.17) is 9.84 Å². The fourth-order valence-corrected chi connectivity index (χ4v) is 3.58. The Morgan fingerprint density at radius 3 is 2.57 bits per heavy atom. The van der Waals surface area contributed by atoms with E-state index in [9.17, 15) is 14.7 Å². The molecule has 2 aromatic carbocycles. The maximum Gasteiger partial charge on any atom is 0.328 e. The average Bonchev–Trinajstić information content (AvgIpc) is 3.27. The van der Waals surface area contributed by atoms with Crippen molar-refractivity contribution in [1.82, 2.24) is 4.98 Å². The number of pyridine rings is 1. The molecular formula is C23H15NO5S. The van der Waals surface area contributed by atoms with Crippen LogP contribution >= 0.6 is 11.3 Å². The number of carbonyl (C=O) groups is 2. The van der Waals surface area contributed by atoms with Crippen LogP contribution in [-0.2, 0) is 4.79 Å². The van der Waals surface area contributed by atoms with E-state index in [1.807, 2.05) is 5.38 Å². The molecule has 30 heavy (non-hydrogen) atoms. The SMILES string of the molecule is O=C(O)/C=C/c1ccc(Oc2c(C(=O)c3cccs3)cnc3cc(O)ccc23)cc1. The lowest BCUT2D eigenvalue weighted by Crippen LogP contribution is -2.03. The first-order chi connectivity index (χ1) is 14.5. The van der Waals surface area contributed by atoms with E-state index in [0.717, 1.165) is 6.08 Å². The lowest BCUT2D eigenvalue weighted by molar-refractivity contribution is -0.131. The first kappa shape index (κ1) is 19.4. The van der Waals surface area contributed by atoms with Crippen molar-refractivity contribution in [3.63, 3.8) is 0 Å². The summed E-state index contributed by atoms with van der Waals surface area (Å²) in [6, 6.07) is 15.0. The highest BCUT2D eigenvalue weighted by Gasteiger charge is 2.20. The minimum absolute atomic E-state index is 0.0628. The van der Waals surface area contributed by atoms with E-state index in [0.29, 0.717) is 38.4 Å². The molecule has 0 saturated heterocycles. The molecule has 148 valence electrons. The van der Waals surface area contributed by atoms with Crippen molar-refractivity contribution in [3.8, 4) is 17.2 Å². The van der Waals surface area contributed by atoms with Crippen LogP contribution in [0.2, 0.25) is 0 Å². The molecule has 0 bridgehead atoms. The van der Waals surface area contributed by atoms with Gasteiger partial charge in [-0.25, -0.2) is 4.79 Å². The van der Waals surface area contributed by atoms with Crippen LogP contribution < -0.4 is 4.74 Å². The molecule has 2 aromatic heterocycles. The molecule has 0 fully saturated rings. The maximum atomic E-state index is 13.0. The van der Waals surface area contributed by atoms with Gasteiger partial charge in [-0.05, 0) is 47.4 Å². The van der Waals surface area contributed by atoms with Crippen LogP contribution in [-0.4, -0.2) is 26.9 Å². The molecule has 0 amide bonds. The van der Waals surface area contributed by atoms with E-state index in [2.05, 4.69) is 4.98 Å². The highest BCUT2D eigenvalue weighted by molar-refractivity contribution is 7.12. The fourth-order valence-electron chi connectivity index (χ4n) is 2.90. The van der Waals surface area contributed by atoms with Gasteiger partial charge in [0.1, 0.15) is 17.2 Å². The van der Waals surface area contributed by atoms with Crippen molar-refractivity contribution in [1.29, 1.82) is 0 Å². The highest BCUT2D eigenvalue weighted by atomic mass is 32.1. The molecule has 2 heterocycles. The Kier molecular flexibility index (Phi) is 5.28. The number of aromatic nitrogens is 1. The van der Waals surface area contributed by atoms with Gasteiger partial charge in [-0.2, -0.15) is 0 Å². The van der Waals surface area contributed by atoms with Crippen molar-refractivity contribution in [2.45, 2.75) is 0 Å². The minimum Gasteiger partial charge on any atom is -0.508 e. The second-order valence-corrected chi connectivity index (χ2v) is 7.30. The van der Waals surface area contributed by atoms with E-state index in [1.54, 1.807) is 42.5 Å². The summed E-state index contributed by atoms with van der Waals surface area (Å²) in [5, 5.41) is 20.9. The molecule has 6 nitrogen and oxygen atoms in total. The zero-order valence-electron chi connectivity index (χ0n) is 15.5. The average molecular weight is 417 g/mol. The number of phenolic OH excluding ortho intramolecular Hbond substituents is 1. The second kappa shape index (κ2) is 8.18. The van der Waals surface area contributed by atoms with E-state index in [-0.39, 0.29) is 11.5 Å². The number of benzene rings is 2. The van der Waals surface area contributed by atoms with Crippen molar-refractivity contribution < 1.29 is 24.5 Å². The van der Waals surface area contributed by atoms with Gasteiger partial charge in [0.25, 0.3) is 0 Å². The number of ether oxygens (including phenoxy) is 1. The number of carboxylic acids is 1. The van der Waals surface area contributed by atoms with Crippen LogP contribution in [0, 0.1) is 0 Å². The van der Waals surface area contributed by atoms with Crippen LogP contribution in [0.5, 0.6) is 17.2 Å². The molecule has 0 aliphatic carbocycles. The summed E-state index contributed by atoms with van der Waals surface area (Å²) in [6.07, 6.45) is 3.97. The molecule has 0 atom stereocenters. The molecule has 4 aromatic rings. The van der Waals surface area contributed by atoms with E-state index in [1.165, 1.54) is 35.7 Å². The Morgan fingerprint density at radius 2 is 1.87 bits per heavy atom. The van der Waals surface area contributed by atoms with Gasteiger partial charge in [-0.3, -0.25) is 9.78 Å². The van der Waals surface area contributed by atoms with Gasteiger partial charge in [-0.1, -0.05) is 18.2 Å². The molecule has 4 rings (SSSR count).